The third-order valence-corrected chi connectivity index (χ3v) is 6.51. The molecule has 2 rings (SSSR count). The quantitative estimate of drug-likeness (QED) is 0.552. The van der Waals surface area contributed by atoms with E-state index < -0.39 is 34.1 Å². The number of sulfonamides is 1. The van der Waals surface area contributed by atoms with Crippen LogP contribution in [0, 0.1) is 6.92 Å². The molecule has 2 aromatic carbocycles. The highest BCUT2D eigenvalue weighted by atomic mass is 35.5. The van der Waals surface area contributed by atoms with Crippen molar-refractivity contribution >= 4 is 39.1 Å². The number of nitrogens with zero attached hydrogens (tertiary/aromatic N) is 2. The van der Waals surface area contributed by atoms with Gasteiger partial charge in [-0.15, -0.1) is 0 Å². The van der Waals surface area contributed by atoms with E-state index in [9.17, 15) is 18.0 Å². The molecular weight excluding hydrogens is 474 g/mol. The van der Waals surface area contributed by atoms with Crippen molar-refractivity contribution in [3.8, 4) is 0 Å². The Labute approximate surface area is 208 Å². The van der Waals surface area contributed by atoms with Crippen LogP contribution in [0.5, 0.6) is 0 Å². The van der Waals surface area contributed by atoms with E-state index in [-0.39, 0.29) is 12.5 Å². The Morgan fingerprint density at radius 3 is 2.21 bits per heavy atom. The van der Waals surface area contributed by atoms with Gasteiger partial charge in [0, 0.05) is 17.1 Å². The Morgan fingerprint density at radius 1 is 1.09 bits per heavy atom. The number of aryl methyl sites for hydroxylation is 1. The average molecular weight is 508 g/mol. The fourth-order valence-electron chi connectivity index (χ4n) is 3.60. The lowest BCUT2D eigenvalue weighted by atomic mass is 10.0. The lowest BCUT2D eigenvalue weighted by Gasteiger charge is -2.34. The highest BCUT2D eigenvalue weighted by Crippen LogP contribution is 2.22. The number of halogens is 1. The molecule has 1 N–H and O–H groups in total. The standard InChI is InChI=1S/C25H34ClN3O4S/c1-7-22(24(31)27-25(3,4)5)28(16-19-10-8-9-18(2)15-19)23(30)17-29(34(6,32)33)21-13-11-20(26)12-14-21/h8-15,22H,7,16-17H2,1-6H3,(H,27,31)/t22-/m1/s1. The summed E-state index contributed by atoms with van der Waals surface area (Å²) in [7, 11) is -3.78. The Kier molecular flexibility index (Phi) is 9.14. The van der Waals surface area contributed by atoms with Crippen LogP contribution < -0.4 is 9.62 Å². The number of rotatable bonds is 9. The topological polar surface area (TPSA) is 86.8 Å². The third-order valence-electron chi connectivity index (χ3n) is 5.11. The minimum absolute atomic E-state index is 0.175. The van der Waals surface area contributed by atoms with Crippen molar-refractivity contribution in [2.45, 2.75) is 59.2 Å². The zero-order valence-electron chi connectivity index (χ0n) is 20.6. The van der Waals surface area contributed by atoms with Gasteiger partial charge in [0.25, 0.3) is 0 Å². The van der Waals surface area contributed by atoms with E-state index in [0.717, 1.165) is 21.7 Å². The summed E-state index contributed by atoms with van der Waals surface area (Å²) in [6.07, 6.45) is 1.42. The zero-order valence-corrected chi connectivity index (χ0v) is 22.2. The van der Waals surface area contributed by atoms with E-state index in [1.54, 1.807) is 24.3 Å². The first kappa shape index (κ1) is 27.7. The summed E-state index contributed by atoms with van der Waals surface area (Å²) in [6.45, 7) is 9.13. The molecular formula is C25H34ClN3O4S. The van der Waals surface area contributed by atoms with Gasteiger partial charge in [0.05, 0.1) is 11.9 Å². The zero-order chi connectivity index (χ0) is 25.7. The van der Waals surface area contributed by atoms with Crippen molar-refractivity contribution in [1.82, 2.24) is 10.2 Å². The second kappa shape index (κ2) is 11.2. The molecule has 186 valence electrons. The smallest absolute Gasteiger partial charge is 0.244 e. The molecule has 0 aliphatic heterocycles. The van der Waals surface area contributed by atoms with Crippen molar-refractivity contribution in [3.63, 3.8) is 0 Å². The molecule has 0 spiro atoms. The maximum Gasteiger partial charge on any atom is 0.244 e. The van der Waals surface area contributed by atoms with Crippen LogP contribution in [0.3, 0.4) is 0 Å². The van der Waals surface area contributed by atoms with Crippen molar-refractivity contribution in [1.29, 1.82) is 0 Å². The average Bonchev–Trinajstić information content (AvgIpc) is 2.70. The van der Waals surface area contributed by atoms with Gasteiger partial charge in [-0.3, -0.25) is 13.9 Å². The number of benzene rings is 2. The van der Waals surface area contributed by atoms with E-state index in [0.29, 0.717) is 17.1 Å². The van der Waals surface area contributed by atoms with Crippen LogP contribution in [-0.4, -0.2) is 49.5 Å². The van der Waals surface area contributed by atoms with Crippen molar-refractivity contribution in [2.75, 3.05) is 17.1 Å². The Hall–Kier alpha value is -2.58. The molecule has 2 aromatic rings. The summed E-state index contributed by atoms with van der Waals surface area (Å²) in [4.78, 5) is 28.2. The number of anilines is 1. The summed E-state index contributed by atoms with van der Waals surface area (Å²) in [5, 5.41) is 3.40. The number of nitrogens with one attached hydrogen (secondary N) is 1. The molecule has 0 heterocycles. The number of amides is 2. The van der Waals surface area contributed by atoms with Gasteiger partial charge in [-0.25, -0.2) is 8.42 Å². The summed E-state index contributed by atoms with van der Waals surface area (Å²) in [5.41, 5.74) is 1.72. The van der Waals surface area contributed by atoms with Gasteiger partial charge in [-0.05, 0) is 63.9 Å². The molecule has 0 bridgehead atoms. The number of hydrogen-bond acceptors (Lipinski definition) is 4. The molecule has 9 heteroatoms. The molecule has 0 unspecified atom stereocenters. The molecule has 0 saturated heterocycles. The molecule has 2 amide bonds. The van der Waals surface area contributed by atoms with Gasteiger partial charge in [0.15, 0.2) is 0 Å². The second-order valence-corrected chi connectivity index (χ2v) is 11.8. The highest BCUT2D eigenvalue weighted by Gasteiger charge is 2.33. The van der Waals surface area contributed by atoms with Crippen molar-refractivity contribution < 1.29 is 18.0 Å². The molecule has 0 aliphatic rings. The largest absolute Gasteiger partial charge is 0.350 e. The molecule has 0 aromatic heterocycles. The molecule has 0 saturated carbocycles. The Bertz CT molecular complexity index is 1110. The van der Waals surface area contributed by atoms with Crippen LogP contribution in [-0.2, 0) is 26.2 Å². The molecule has 0 aliphatic carbocycles. The lowest BCUT2D eigenvalue weighted by Crippen LogP contribution is -2.55. The van der Waals surface area contributed by atoms with Gasteiger partial charge in [-0.2, -0.15) is 0 Å². The van der Waals surface area contributed by atoms with Crippen molar-refractivity contribution in [2.24, 2.45) is 0 Å². The van der Waals surface area contributed by atoms with E-state index in [1.165, 1.54) is 4.90 Å². The van der Waals surface area contributed by atoms with Crippen LogP contribution >= 0.6 is 11.6 Å². The predicted molar refractivity (Wildman–Crippen MR) is 137 cm³/mol. The number of carbonyl (C=O) groups is 2. The van der Waals surface area contributed by atoms with Crippen LogP contribution in [0.25, 0.3) is 0 Å². The summed E-state index contributed by atoms with van der Waals surface area (Å²) in [6, 6.07) is 13.1. The third kappa shape index (κ3) is 8.02. The first-order valence-electron chi connectivity index (χ1n) is 11.1. The number of carbonyl (C=O) groups excluding carboxylic acids is 2. The second-order valence-electron chi connectivity index (χ2n) is 9.42. The van der Waals surface area contributed by atoms with Gasteiger partial charge < -0.3 is 10.2 Å². The van der Waals surface area contributed by atoms with Gasteiger partial charge in [-0.1, -0.05) is 48.4 Å². The molecule has 0 radical (unpaired) electrons. The normalized spacial score (nSPS) is 12.7. The van der Waals surface area contributed by atoms with E-state index in [4.69, 9.17) is 11.6 Å². The fraction of sp³-hybridized carbons (Fsp3) is 0.440. The van der Waals surface area contributed by atoms with E-state index in [1.807, 2.05) is 58.9 Å². The maximum atomic E-state index is 13.6. The Morgan fingerprint density at radius 2 is 1.71 bits per heavy atom. The minimum Gasteiger partial charge on any atom is -0.350 e. The monoisotopic (exact) mass is 507 g/mol. The lowest BCUT2D eigenvalue weighted by molar-refractivity contribution is -0.141. The molecule has 0 fully saturated rings. The fourth-order valence-corrected chi connectivity index (χ4v) is 4.58. The first-order chi connectivity index (χ1) is 15.7. The predicted octanol–water partition coefficient (Wildman–Crippen LogP) is 4.14. The Balaban J connectivity index is 2.45. The van der Waals surface area contributed by atoms with E-state index >= 15 is 0 Å². The highest BCUT2D eigenvalue weighted by molar-refractivity contribution is 7.92. The first-order valence-corrected chi connectivity index (χ1v) is 13.3. The number of hydrogen-bond donors (Lipinski definition) is 1. The maximum absolute atomic E-state index is 13.6. The van der Waals surface area contributed by atoms with Crippen LogP contribution in [0.4, 0.5) is 5.69 Å². The van der Waals surface area contributed by atoms with Gasteiger partial charge in [0.2, 0.25) is 21.8 Å². The summed E-state index contributed by atoms with van der Waals surface area (Å²) in [5.74, 6) is -0.758. The molecule has 1 atom stereocenters. The van der Waals surface area contributed by atoms with Crippen molar-refractivity contribution in [3.05, 3.63) is 64.7 Å². The van der Waals surface area contributed by atoms with Crippen LogP contribution in [0.2, 0.25) is 5.02 Å². The van der Waals surface area contributed by atoms with E-state index in [2.05, 4.69) is 5.32 Å². The van der Waals surface area contributed by atoms with Gasteiger partial charge >= 0.3 is 0 Å². The molecule has 34 heavy (non-hydrogen) atoms. The minimum atomic E-state index is -3.78. The van der Waals surface area contributed by atoms with Crippen LogP contribution in [0.1, 0.15) is 45.2 Å². The molecule has 7 nitrogen and oxygen atoms in total. The summed E-state index contributed by atoms with van der Waals surface area (Å²) >= 11 is 5.95. The van der Waals surface area contributed by atoms with Gasteiger partial charge in [0.1, 0.15) is 12.6 Å². The van der Waals surface area contributed by atoms with Crippen LogP contribution in [0.15, 0.2) is 48.5 Å². The SMILES string of the molecule is CC[C@H](C(=O)NC(C)(C)C)N(Cc1cccc(C)c1)C(=O)CN(c1ccc(Cl)cc1)S(C)(=O)=O. The summed E-state index contributed by atoms with van der Waals surface area (Å²) < 4.78 is 26.2.